The van der Waals surface area contributed by atoms with Gasteiger partial charge in [-0.25, -0.2) is 0 Å². The molecule has 0 bridgehead atoms. The molecular formula is C15H22N2O2. The predicted octanol–water partition coefficient (Wildman–Crippen LogP) is 0.768. The third-order valence-corrected chi connectivity index (χ3v) is 3.72. The summed E-state index contributed by atoms with van der Waals surface area (Å²) in [6.07, 6.45) is 1.91. The van der Waals surface area contributed by atoms with Crippen molar-refractivity contribution in [2.24, 2.45) is 0 Å². The number of carbonyl (C=O) groups excluding carboxylic acids is 1. The number of benzene rings is 1. The van der Waals surface area contributed by atoms with Crippen molar-refractivity contribution in [3.8, 4) is 0 Å². The van der Waals surface area contributed by atoms with Gasteiger partial charge in [-0.15, -0.1) is 0 Å². The van der Waals surface area contributed by atoms with Crippen molar-refractivity contribution >= 4 is 5.91 Å². The molecule has 104 valence electrons. The molecule has 1 aromatic carbocycles. The van der Waals surface area contributed by atoms with Gasteiger partial charge in [0.2, 0.25) is 5.91 Å². The van der Waals surface area contributed by atoms with Gasteiger partial charge in [0.05, 0.1) is 5.60 Å². The molecule has 0 radical (unpaired) electrons. The molecule has 4 heteroatoms. The van der Waals surface area contributed by atoms with Gasteiger partial charge >= 0.3 is 0 Å². The van der Waals surface area contributed by atoms with Crippen molar-refractivity contribution in [2.75, 3.05) is 19.6 Å². The summed E-state index contributed by atoms with van der Waals surface area (Å²) in [5.74, 6) is 0.00331. The molecule has 0 spiro atoms. The van der Waals surface area contributed by atoms with E-state index in [1.807, 2.05) is 12.1 Å². The van der Waals surface area contributed by atoms with Gasteiger partial charge in [0.15, 0.2) is 0 Å². The molecule has 1 aliphatic heterocycles. The molecule has 19 heavy (non-hydrogen) atoms. The number of aliphatic hydroxyl groups is 1. The quantitative estimate of drug-likeness (QED) is 0.734. The molecule has 1 aliphatic rings. The molecule has 2 rings (SSSR count). The van der Waals surface area contributed by atoms with Gasteiger partial charge in [0.25, 0.3) is 0 Å². The Morgan fingerprint density at radius 1 is 1.47 bits per heavy atom. The van der Waals surface area contributed by atoms with E-state index in [4.69, 9.17) is 0 Å². The first-order valence-electron chi connectivity index (χ1n) is 6.83. The number of rotatable bonds is 5. The molecule has 1 heterocycles. The topological polar surface area (TPSA) is 61.4 Å². The van der Waals surface area contributed by atoms with Crippen LogP contribution in [0.3, 0.4) is 0 Å². The molecule has 1 amide bonds. The summed E-state index contributed by atoms with van der Waals surface area (Å²) in [6.45, 7) is 3.77. The van der Waals surface area contributed by atoms with Crippen LogP contribution in [0.2, 0.25) is 0 Å². The number of β-amino-alcohol motifs (C(OH)–C–C–N with tert-alkyl or cyclic N) is 1. The van der Waals surface area contributed by atoms with Gasteiger partial charge in [0, 0.05) is 19.5 Å². The van der Waals surface area contributed by atoms with E-state index >= 15 is 0 Å². The lowest BCUT2D eigenvalue weighted by molar-refractivity contribution is -0.122. The number of hydrogen-bond donors (Lipinski definition) is 3. The van der Waals surface area contributed by atoms with Crippen LogP contribution in [0, 0.1) is 6.92 Å². The summed E-state index contributed by atoms with van der Waals surface area (Å²) in [4.78, 5) is 11.8. The van der Waals surface area contributed by atoms with Gasteiger partial charge in [0.1, 0.15) is 0 Å². The highest BCUT2D eigenvalue weighted by Gasteiger charge is 2.31. The molecule has 1 atom stereocenters. The molecule has 0 aliphatic carbocycles. The molecule has 1 fully saturated rings. The summed E-state index contributed by atoms with van der Waals surface area (Å²) in [6, 6.07) is 8.10. The third-order valence-electron chi connectivity index (χ3n) is 3.72. The Kier molecular flexibility index (Phi) is 4.56. The standard InChI is InChI=1S/C15H22N2O2/c1-12-4-2-3-5-13(12)6-7-14(18)17-11-15(19)8-9-16-10-15/h2-5,16,19H,6-11H2,1H3,(H,17,18). The SMILES string of the molecule is Cc1ccccc1CCC(=O)NCC1(O)CCNC1. The van der Waals surface area contributed by atoms with Crippen LogP contribution in [-0.4, -0.2) is 36.2 Å². The second-order valence-electron chi connectivity index (χ2n) is 5.35. The number of nitrogens with one attached hydrogen (secondary N) is 2. The molecule has 0 saturated carbocycles. The third kappa shape index (κ3) is 4.04. The maximum Gasteiger partial charge on any atom is 0.220 e. The normalized spacial score (nSPS) is 22.4. The second kappa shape index (κ2) is 6.17. The molecule has 1 saturated heterocycles. The van der Waals surface area contributed by atoms with E-state index in [-0.39, 0.29) is 5.91 Å². The average Bonchev–Trinajstić information content (AvgIpc) is 2.83. The largest absolute Gasteiger partial charge is 0.387 e. The van der Waals surface area contributed by atoms with Crippen molar-refractivity contribution in [1.29, 1.82) is 0 Å². The zero-order valence-electron chi connectivity index (χ0n) is 11.4. The summed E-state index contributed by atoms with van der Waals surface area (Å²) in [5.41, 5.74) is 1.66. The fourth-order valence-corrected chi connectivity index (χ4v) is 2.37. The van der Waals surface area contributed by atoms with E-state index in [1.165, 1.54) is 11.1 Å². The van der Waals surface area contributed by atoms with Crippen LogP contribution in [0.25, 0.3) is 0 Å². The van der Waals surface area contributed by atoms with Crippen LogP contribution in [0.1, 0.15) is 24.0 Å². The Bertz CT molecular complexity index is 440. The number of hydrogen-bond acceptors (Lipinski definition) is 3. The summed E-state index contributed by atoms with van der Waals surface area (Å²) < 4.78 is 0. The molecule has 0 aromatic heterocycles. The van der Waals surface area contributed by atoms with E-state index in [1.54, 1.807) is 0 Å². The van der Waals surface area contributed by atoms with Gasteiger partial charge in [-0.05, 0) is 37.4 Å². The highest BCUT2D eigenvalue weighted by Crippen LogP contribution is 2.13. The van der Waals surface area contributed by atoms with Gasteiger partial charge in [-0.3, -0.25) is 4.79 Å². The summed E-state index contributed by atoms with van der Waals surface area (Å²) >= 11 is 0. The lowest BCUT2D eigenvalue weighted by Gasteiger charge is -2.21. The van der Waals surface area contributed by atoms with Crippen molar-refractivity contribution in [3.63, 3.8) is 0 Å². The Morgan fingerprint density at radius 3 is 2.95 bits per heavy atom. The number of amides is 1. The van der Waals surface area contributed by atoms with Crippen molar-refractivity contribution in [1.82, 2.24) is 10.6 Å². The highest BCUT2D eigenvalue weighted by atomic mass is 16.3. The fraction of sp³-hybridized carbons (Fsp3) is 0.533. The molecule has 3 N–H and O–H groups in total. The Hall–Kier alpha value is -1.39. The van der Waals surface area contributed by atoms with Gasteiger partial charge in [-0.2, -0.15) is 0 Å². The van der Waals surface area contributed by atoms with Crippen LogP contribution in [-0.2, 0) is 11.2 Å². The Balaban J connectivity index is 1.74. The van der Waals surface area contributed by atoms with E-state index in [0.717, 1.165) is 13.0 Å². The van der Waals surface area contributed by atoms with E-state index < -0.39 is 5.60 Å². The minimum atomic E-state index is -0.766. The second-order valence-corrected chi connectivity index (χ2v) is 5.35. The Labute approximate surface area is 114 Å². The summed E-state index contributed by atoms with van der Waals surface area (Å²) in [7, 11) is 0. The van der Waals surface area contributed by atoms with Crippen LogP contribution in [0.4, 0.5) is 0 Å². The van der Waals surface area contributed by atoms with E-state index in [9.17, 15) is 9.90 Å². The van der Waals surface area contributed by atoms with Crippen LogP contribution >= 0.6 is 0 Å². The van der Waals surface area contributed by atoms with Gasteiger partial charge in [-0.1, -0.05) is 24.3 Å². The minimum Gasteiger partial charge on any atom is -0.387 e. The zero-order chi connectivity index (χ0) is 13.7. The smallest absolute Gasteiger partial charge is 0.220 e. The maximum absolute atomic E-state index is 11.8. The fourth-order valence-electron chi connectivity index (χ4n) is 2.37. The van der Waals surface area contributed by atoms with Crippen molar-refractivity contribution in [2.45, 2.75) is 31.8 Å². The highest BCUT2D eigenvalue weighted by molar-refractivity contribution is 5.76. The first kappa shape index (κ1) is 14.0. The molecule has 1 aromatic rings. The monoisotopic (exact) mass is 262 g/mol. The lowest BCUT2D eigenvalue weighted by atomic mass is 10.0. The molecule has 1 unspecified atom stereocenters. The maximum atomic E-state index is 11.8. The minimum absolute atomic E-state index is 0.00331. The molecular weight excluding hydrogens is 240 g/mol. The van der Waals surface area contributed by atoms with Crippen LogP contribution in [0.5, 0.6) is 0 Å². The zero-order valence-corrected chi connectivity index (χ0v) is 11.4. The number of aryl methyl sites for hydroxylation is 2. The molecule has 4 nitrogen and oxygen atoms in total. The van der Waals surface area contributed by atoms with E-state index in [2.05, 4.69) is 29.7 Å². The van der Waals surface area contributed by atoms with E-state index in [0.29, 0.717) is 25.9 Å². The number of carbonyl (C=O) groups is 1. The van der Waals surface area contributed by atoms with Crippen molar-refractivity contribution in [3.05, 3.63) is 35.4 Å². The van der Waals surface area contributed by atoms with Crippen molar-refractivity contribution < 1.29 is 9.90 Å². The lowest BCUT2D eigenvalue weighted by Crippen LogP contribution is -2.44. The summed E-state index contributed by atoms with van der Waals surface area (Å²) in [5, 5.41) is 16.0. The van der Waals surface area contributed by atoms with Crippen LogP contribution < -0.4 is 10.6 Å². The average molecular weight is 262 g/mol. The Morgan fingerprint density at radius 2 is 2.26 bits per heavy atom. The first-order valence-corrected chi connectivity index (χ1v) is 6.83. The predicted molar refractivity (Wildman–Crippen MR) is 74.9 cm³/mol. The first-order chi connectivity index (χ1) is 9.09. The van der Waals surface area contributed by atoms with Crippen LogP contribution in [0.15, 0.2) is 24.3 Å². The van der Waals surface area contributed by atoms with Gasteiger partial charge < -0.3 is 15.7 Å².